The number of hydrogen-bond acceptors (Lipinski definition) is 4. The van der Waals surface area contributed by atoms with E-state index in [1.165, 1.54) is 6.39 Å². The quantitative estimate of drug-likeness (QED) is 0.779. The Balaban J connectivity index is 1.99. The molecule has 2 N–H and O–H groups in total. The summed E-state index contributed by atoms with van der Waals surface area (Å²) in [4.78, 5) is 6.22. The van der Waals surface area contributed by atoms with E-state index in [0.717, 1.165) is 28.0 Å². The van der Waals surface area contributed by atoms with Crippen LogP contribution in [0.5, 0.6) is 0 Å². The van der Waals surface area contributed by atoms with Gasteiger partial charge in [-0.05, 0) is 29.8 Å². The Morgan fingerprint density at radius 2 is 2.00 bits per heavy atom. The molecule has 0 saturated carbocycles. The predicted molar refractivity (Wildman–Crippen MR) is 76.4 cm³/mol. The molecule has 96 valence electrons. The molecular formula is C15H15N3O. The number of benzene rings is 2. The third-order valence-corrected chi connectivity index (χ3v) is 3.24. The number of oxazole rings is 1. The summed E-state index contributed by atoms with van der Waals surface area (Å²) in [7, 11) is 2.02. The number of fused-ring (bicyclic) bond motifs is 1. The van der Waals surface area contributed by atoms with E-state index < -0.39 is 0 Å². The van der Waals surface area contributed by atoms with Gasteiger partial charge in [-0.3, -0.25) is 0 Å². The zero-order chi connectivity index (χ0) is 13.2. The Hall–Kier alpha value is -2.33. The predicted octanol–water partition coefficient (Wildman–Crippen LogP) is 3.05. The Kier molecular flexibility index (Phi) is 2.93. The van der Waals surface area contributed by atoms with E-state index in [0.29, 0.717) is 6.54 Å². The van der Waals surface area contributed by atoms with Crippen molar-refractivity contribution in [2.45, 2.75) is 6.54 Å². The molecule has 0 bridgehead atoms. The molecule has 0 fully saturated rings. The second kappa shape index (κ2) is 4.74. The van der Waals surface area contributed by atoms with Gasteiger partial charge < -0.3 is 15.1 Å². The summed E-state index contributed by atoms with van der Waals surface area (Å²) in [5.74, 6) is 0. The van der Waals surface area contributed by atoms with E-state index in [4.69, 9.17) is 10.2 Å². The highest BCUT2D eigenvalue weighted by molar-refractivity contribution is 5.79. The van der Waals surface area contributed by atoms with Gasteiger partial charge >= 0.3 is 0 Å². The van der Waals surface area contributed by atoms with E-state index in [9.17, 15) is 0 Å². The summed E-state index contributed by atoms with van der Waals surface area (Å²) in [6.07, 6.45) is 1.46. The fourth-order valence-corrected chi connectivity index (χ4v) is 2.09. The molecule has 19 heavy (non-hydrogen) atoms. The van der Waals surface area contributed by atoms with Crippen molar-refractivity contribution in [3.8, 4) is 0 Å². The zero-order valence-corrected chi connectivity index (χ0v) is 10.7. The molecule has 0 aliphatic rings. The lowest BCUT2D eigenvalue weighted by molar-refractivity contribution is 0.602. The molecule has 1 heterocycles. The van der Waals surface area contributed by atoms with E-state index in [1.807, 2.05) is 37.4 Å². The zero-order valence-electron chi connectivity index (χ0n) is 10.7. The minimum Gasteiger partial charge on any atom is -0.443 e. The number of rotatable bonds is 3. The second-order valence-corrected chi connectivity index (χ2v) is 4.44. The van der Waals surface area contributed by atoms with Gasteiger partial charge in [0.1, 0.15) is 5.52 Å². The number of hydrogen-bond donors (Lipinski definition) is 1. The number of anilines is 2. The largest absolute Gasteiger partial charge is 0.443 e. The molecule has 0 aliphatic heterocycles. The summed E-state index contributed by atoms with van der Waals surface area (Å²) in [5, 5.41) is 0. The van der Waals surface area contributed by atoms with Crippen LogP contribution < -0.4 is 10.6 Å². The summed E-state index contributed by atoms with van der Waals surface area (Å²) in [6.45, 7) is 0.544. The fourth-order valence-electron chi connectivity index (χ4n) is 2.09. The Bertz CT molecular complexity index is 705. The summed E-state index contributed by atoms with van der Waals surface area (Å²) in [5.41, 5.74) is 10.6. The van der Waals surface area contributed by atoms with Crippen LogP contribution in [-0.2, 0) is 6.54 Å². The van der Waals surface area contributed by atoms with Crippen LogP contribution >= 0.6 is 0 Å². The highest BCUT2D eigenvalue weighted by Gasteiger charge is 2.07. The molecule has 1 aromatic heterocycles. The van der Waals surface area contributed by atoms with Gasteiger partial charge in [-0.1, -0.05) is 12.1 Å². The van der Waals surface area contributed by atoms with E-state index in [1.54, 1.807) is 0 Å². The lowest BCUT2D eigenvalue weighted by Gasteiger charge is -2.20. The van der Waals surface area contributed by atoms with Crippen LogP contribution in [0.4, 0.5) is 11.4 Å². The summed E-state index contributed by atoms with van der Waals surface area (Å²) in [6, 6.07) is 14.2. The molecule has 2 aromatic carbocycles. The molecule has 0 amide bonds. The molecule has 3 rings (SSSR count). The first kappa shape index (κ1) is 11.7. The van der Waals surface area contributed by atoms with Crippen molar-refractivity contribution in [3.63, 3.8) is 0 Å². The molecule has 0 radical (unpaired) electrons. The van der Waals surface area contributed by atoms with E-state index in [2.05, 4.69) is 22.0 Å². The first-order valence-electron chi connectivity index (χ1n) is 6.14. The molecule has 0 saturated heterocycles. The summed E-state index contributed by atoms with van der Waals surface area (Å²) >= 11 is 0. The first-order chi connectivity index (χ1) is 9.28. The van der Waals surface area contributed by atoms with Gasteiger partial charge in [-0.25, -0.2) is 4.98 Å². The van der Waals surface area contributed by atoms with Gasteiger partial charge in [0, 0.05) is 31.0 Å². The van der Waals surface area contributed by atoms with Crippen LogP contribution in [0.25, 0.3) is 11.1 Å². The molecule has 0 unspecified atom stereocenters. The van der Waals surface area contributed by atoms with Gasteiger partial charge in [0.05, 0.1) is 0 Å². The minimum atomic E-state index is 0.544. The topological polar surface area (TPSA) is 55.3 Å². The highest BCUT2D eigenvalue weighted by atomic mass is 16.3. The summed E-state index contributed by atoms with van der Waals surface area (Å²) < 4.78 is 5.33. The Morgan fingerprint density at radius 3 is 2.84 bits per heavy atom. The van der Waals surface area contributed by atoms with Crippen molar-refractivity contribution < 1.29 is 4.42 Å². The second-order valence-electron chi connectivity index (χ2n) is 4.44. The van der Waals surface area contributed by atoms with Gasteiger partial charge in [0.2, 0.25) is 0 Å². The van der Waals surface area contributed by atoms with Crippen molar-refractivity contribution >= 4 is 22.5 Å². The third kappa shape index (κ3) is 2.18. The van der Waals surface area contributed by atoms with E-state index >= 15 is 0 Å². The monoisotopic (exact) mass is 253 g/mol. The number of nitrogens with two attached hydrogens (primary N) is 1. The van der Waals surface area contributed by atoms with Crippen molar-refractivity contribution in [3.05, 3.63) is 54.4 Å². The third-order valence-electron chi connectivity index (χ3n) is 3.24. The SMILES string of the molecule is CN(c1cccc(CN)c1)c1ccc2ncoc2c1. The van der Waals surface area contributed by atoms with Gasteiger partial charge in [-0.2, -0.15) is 0 Å². The smallest absolute Gasteiger partial charge is 0.181 e. The van der Waals surface area contributed by atoms with Crippen molar-refractivity contribution in [1.29, 1.82) is 0 Å². The number of nitrogens with zero attached hydrogens (tertiary/aromatic N) is 2. The minimum absolute atomic E-state index is 0.544. The van der Waals surface area contributed by atoms with Crippen molar-refractivity contribution in [1.82, 2.24) is 4.98 Å². The van der Waals surface area contributed by atoms with Crippen LogP contribution in [0.15, 0.2) is 53.3 Å². The maximum absolute atomic E-state index is 5.68. The molecule has 0 atom stereocenters. The average Bonchev–Trinajstić information content (AvgIpc) is 2.94. The first-order valence-corrected chi connectivity index (χ1v) is 6.14. The van der Waals surface area contributed by atoms with E-state index in [-0.39, 0.29) is 0 Å². The Labute approximate surface area is 111 Å². The highest BCUT2D eigenvalue weighted by Crippen LogP contribution is 2.27. The van der Waals surface area contributed by atoms with Crippen LogP contribution in [-0.4, -0.2) is 12.0 Å². The van der Waals surface area contributed by atoms with Crippen molar-refractivity contribution in [2.24, 2.45) is 5.73 Å². The maximum Gasteiger partial charge on any atom is 0.181 e. The molecule has 0 aliphatic carbocycles. The van der Waals surface area contributed by atoms with Crippen LogP contribution in [0, 0.1) is 0 Å². The number of aromatic nitrogens is 1. The van der Waals surface area contributed by atoms with Gasteiger partial charge in [-0.15, -0.1) is 0 Å². The van der Waals surface area contributed by atoms with Crippen LogP contribution in [0.1, 0.15) is 5.56 Å². The van der Waals surface area contributed by atoms with Crippen molar-refractivity contribution in [2.75, 3.05) is 11.9 Å². The molecule has 4 nitrogen and oxygen atoms in total. The average molecular weight is 253 g/mol. The fraction of sp³-hybridized carbons (Fsp3) is 0.133. The maximum atomic E-state index is 5.68. The molecule has 4 heteroatoms. The Morgan fingerprint density at radius 1 is 1.16 bits per heavy atom. The molecule has 3 aromatic rings. The lowest BCUT2D eigenvalue weighted by Crippen LogP contribution is -2.10. The molecular weight excluding hydrogens is 238 g/mol. The normalized spacial score (nSPS) is 10.8. The standard InChI is InChI=1S/C15H15N3O/c1-18(12-4-2-3-11(7-12)9-16)13-5-6-14-15(8-13)19-10-17-14/h2-8,10H,9,16H2,1H3. The van der Waals surface area contributed by atoms with Gasteiger partial charge in [0.25, 0.3) is 0 Å². The van der Waals surface area contributed by atoms with Gasteiger partial charge in [0.15, 0.2) is 12.0 Å². The lowest BCUT2D eigenvalue weighted by atomic mass is 10.1. The van der Waals surface area contributed by atoms with Crippen LogP contribution in [0.2, 0.25) is 0 Å². The molecule has 0 spiro atoms. The van der Waals surface area contributed by atoms with Crippen LogP contribution in [0.3, 0.4) is 0 Å².